The lowest BCUT2D eigenvalue weighted by molar-refractivity contribution is -0.148. The third-order valence-electron chi connectivity index (χ3n) is 2.81. The second kappa shape index (κ2) is 3.94. The van der Waals surface area contributed by atoms with Gasteiger partial charge in [-0.1, -0.05) is 0 Å². The van der Waals surface area contributed by atoms with E-state index in [4.69, 9.17) is 4.74 Å². The molecule has 5 nitrogen and oxygen atoms in total. The van der Waals surface area contributed by atoms with E-state index in [1.807, 2.05) is 0 Å². The van der Waals surface area contributed by atoms with E-state index in [1.54, 1.807) is 6.20 Å². The molecule has 0 atom stereocenters. The topological polar surface area (TPSA) is 72.3 Å². The molecule has 80 valence electrons. The minimum Gasteiger partial charge on any atom is -0.481 e. The average molecular weight is 208 g/mol. The Kier molecular flexibility index (Phi) is 2.64. The average Bonchev–Trinajstić information content (AvgIpc) is 2.31. The largest absolute Gasteiger partial charge is 0.481 e. The lowest BCUT2D eigenvalue weighted by atomic mass is 9.77. The van der Waals surface area contributed by atoms with E-state index in [2.05, 4.69) is 9.97 Å². The van der Waals surface area contributed by atoms with Gasteiger partial charge < -0.3 is 9.84 Å². The van der Waals surface area contributed by atoms with Gasteiger partial charge in [-0.25, -0.2) is 0 Å². The van der Waals surface area contributed by atoms with Crippen molar-refractivity contribution in [2.45, 2.75) is 18.3 Å². The molecule has 5 heteroatoms. The summed E-state index contributed by atoms with van der Waals surface area (Å²) in [4.78, 5) is 19.4. The highest BCUT2D eigenvalue weighted by Crippen LogP contribution is 2.33. The van der Waals surface area contributed by atoms with Crippen LogP contribution in [0.5, 0.6) is 0 Å². The summed E-state index contributed by atoms with van der Waals surface area (Å²) in [7, 11) is 0. The van der Waals surface area contributed by atoms with Crippen LogP contribution in [0.25, 0.3) is 0 Å². The minimum absolute atomic E-state index is 0.459. The lowest BCUT2D eigenvalue weighted by Crippen LogP contribution is -2.42. The van der Waals surface area contributed by atoms with Gasteiger partial charge in [-0.05, 0) is 12.8 Å². The van der Waals surface area contributed by atoms with Crippen LogP contribution in [0, 0.1) is 0 Å². The van der Waals surface area contributed by atoms with Gasteiger partial charge in [0.25, 0.3) is 0 Å². The Morgan fingerprint density at radius 2 is 2.13 bits per heavy atom. The van der Waals surface area contributed by atoms with Gasteiger partial charge in [0.15, 0.2) is 0 Å². The predicted octanol–water partition coefficient (Wildman–Crippen LogP) is 0.609. The summed E-state index contributed by atoms with van der Waals surface area (Å²) < 4.78 is 5.18. The summed E-state index contributed by atoms with van der Waals surface area (Å²) in [6.07, 6.45) is 5.51. The first-order valence-electron chi connectivity index (χ1n) is 4.83. The fourth-order valence-corrected chi connectivity index (χ4v) is 1.85. The maximum absolute atomic E-state index is 11.4. The van der Waals surface area contributed by atoms with Crippen molar-refractivity contribution in [2.24, 2.45) is 0 Å². The molecule has 0 radical (unpaired) electrons. The van der Waals surface area contributed by atoms with Crippen molar-refractivity contribution >= 4 is 5.97 Å². The number of ether oxygens (including phenoxy) is 1. The van der Waals surface area contributed by atoms with Crippen molar-refractivity contribution in [1.82, 2.24) is 9.97 Å². The van der Waals surface area contributed by atoms with Crippen LogP contribution in [0.4, 0.5) is 0 Å². The van der Waals surface area contributed by atoms with Crippen LogP contribution in [0.2, 0.25) is 0 Å². The van der Waals surface area contributed by atoms with Gasteiger partial charge in [0.2, 0.25) is 0 Å². The minimum atomic E-state index is -0.910. The van der Waals surface area contributed by atoms with E-state index in [1.165, 1.54) is 12.4 Å². The number of carboxylic acids is 1. The zero-order chi connectivity index (χ0) is 10.7. The fraction of sp³-hybridized carbons (Fsp3) is 0.500. The molecule has 0 aliphatic carbocycles. The van der Waals surface area contributed by atoms with E-state index in [9.17, 15) is 9.90 Å². The van der Waals surface area contributed by atoms with E-state index < -0.39 is 11.4 Å². The maximum atomic E-state index is 11.4. The van der Waals surface area contributed by atoms with Crippen molar-refractivity contribution in [1.29, 1.82) is 0 Å². The second-order valence-electron chi connectivity index (χ2n) is 3.59. The van der Waals surface area contributed by atoms with E-state index >= 15 is 0 Å². The van der Waals surface area contributed by atoms with Crippen LogP contribution in [0.1, 0.15) is 18.5 Å². The molecule has 0 aromatic carbocycles. The summed E-state index contributed by atoms with van der Waals surface area (Å²) in [6, 6.07) is 0. The molecular formula is C10H12N2O3. The molecule has 0 spiro atoms. The summed E-state index contributed by atoms with van der Waals surface area (Å²) >= 11 is 0. The van der Waals surface area contributed by atoms with Crippen LogP contribution in [-0.4, -0.2) is 34.3 Å². The quantitative estimate of drug-likeness (QED) is 0.770. The molecule has 1 aromatic heterocycles. The number of hydrogen-bond acceptors (Lipinski definition) is 4. The predicted molar refractivity (Wildman–Crippen MR) is 51.4 cm³/mol. The highest BCUT2D eigenvalue weighted by Gasteiger charge is 2.43. The Morgan fingerprint density at radius 3 is 2.67 bits per heavy atom. The van der Waals surface area contributed by atoms with Gasteiger partial charge in [-0.15, -0.1) is 0 Å². The van der Waals surface area contributed by atoms with Crippen LogP contribution in [-0.2, 0) is 14.9 Å². The number of hydrogen-bond donors (Lipinski definition) is 1. The fourth-order valence-electron chi connectivity index (χ4n) is 1.85. The maximum Gasteiger partial charge on any atom is 0.315 e. The third-order valence-corrected chi connectivity index (χ3v) is 2.81. The van der Waals surface area contributed by atoms with Crippen LogP contribution in [0.3, 0.4) is 0 Å². The molecule has 1 aliphatic rings. The number of rotatable bonds is 2. The standard InChI is InChI=1S/C10H12N2O3/c13-9(14)10(1-5-15-6-2-10)8-7-11-3-4-12-8/h3-4,7H,1-2,5-6H2,(H,13,14). The van der Waals surface area contributed by atoms with Gasteiger partial charge >= 0.3 is 5.97 Å². The molecule has 2 heterocycles. The van der Waals surface area contributed by atoms with Crippen LogP contribution < -0.4 is 0 Å². The van der Waals surface area contributed by atoms with Crippen molar-refractivity contribution in [2.75, 3.05) is 13.2 Å². The van der Waals surface area contributed by atoms with Gasteiger partial charge in [-0.3, -0.25) is 14.8 Å². The Labute approximate surface area is 87.1 Å². The van der Waals surface area contributed by atoms with Gasteiger partial charge in [0, 0.05) is 31.8 Å². The monoisotopic (exact) mass is 208 g/mol. The molecule has 15 heavy (non-hydrogen) atoms. The number of carbonyl (C=O) groups is 1. The molecule has 1 fully saturated rings. The Hall–Kier alpha value is -1.49. The SMILES string of the molecule is O=C(O)C1(c2cnccn2)CCOCC1. The molecule has 0 unspecified atom stereocenters. The molecule has 1 N–H and O–H groups in total. The van der Waals surface area contributed by atoms with Crippen molar-refractivity contribution in [3.8, 4) is 0 Å². The van der Waals surface area contributed by atoms with Gasteiger partial charge in [0.05, 0.1) is 5.69 Å². The van der Waals surface area contributed by atoms with E-state index in [0.717, 1.165) is 0 Å². The van der Waals surface area contributed by atoms with Crippen LogP contribution in [0.15, 0.2) is 18.6 Å². The second-order valence-corrected chi connectivity index (χ2v) is 3.59. The molecule has 0 saturated carbocycles. The normalized spacial score (nSPS) is 19.7. The third kappa shape index (κ3) is 1.70. The molecule has 1 aliphatic heterocycles. The van der Waals surface area contributed by atoms with E-state index in [0.29, 0.717) is 31.7 Å². The number of nitrogens with zero attached hydrogens (tertiary/aromatic N) is 2. The molecule has 0 bridgehead atoms. The summed E-state index contributed by atoms with van der Waals surface area (Å²) in [5, 5.41) is 9.32. The summed E-state index contributed by atoms with van der Waals surface area (Å²) in [5.74, 6) is -0.841. The molecular weight excluding hydrogens is 196 g/mol. The van der Waals surface area contributed by atoms with Crippen LogP contribution >= 0.6 is 0 Å². The van der Waals surface area contributed by atoms with Crippen molar-refractivity contribution in [3.63, 3.8) is 0 Å². The number of aliphatic carboxylic acids is 1. The molecule has 1 saturated heterocycles. The molecule has 0 amide bonds. The summed E-state index contributed by atoms with van der Waals surface area (Å²) in [5.41, 5.74) is -0.382. The molecule has 1 aromatic rings. The number of aromatic nitrogens is 2. The van der Waals surface area contributed by atoms with Crippen molar-refractivity contribution in [3.05, 3.63) is 24.3 Å². The zero-order valence-corrected chi connectivity index (χ0v) is 8.22. The zero-order valence-electron chi connectivity index (χ0n) is 8.22. The lowest BCUT2D eigenvalue weighted by Gasteiger charge is -2.31. The highest BCUT2D eigenvalue weighted by molar-refractivity contribution is 5.80. The first kappa shape index (κ1) is 10.0. The van der Waals surface area contributed by atoms with Gasteiger partial charge in [-0.2, -0.15) is 0 Å². The molecule has 2 rings (SSSR count). The Morgan fingerprint density at radius 1 is 1.40 bits per heavy atom. The van der Waals surface area contributed by atoms with Gasteiger partial charge in [0.1, 0.15) is 5.41 Å². The smallest absolute Gasteiger partial charge is 0.315 e. The highest BCUT2D eigenvalue weighted by atomic mass is 16.5. The number of carboxylic acid groups (broad SMARTS) is 1. The Bertz CT molecular complexity index is 347. The first-order valence-corrected chi connectivity index (χ1v) is 4.83. The first-order chi connectivity index (χ1) is 7.26. The Balaban J connectivity index is 2.38. The van der Waals surface area contributed by atoms with Crippen molar-refractivity contribution < 1.29 is 14.6 Å². The summed E-state index contributed by atoms with van der Waals surface area (Å²) in [6.45, 7) is 0.922. The van der Waals surface area contributed by atoms with E-state index in [-0.39, 0.29) is 0 Å².